The molecule has 0 unspecified atom stereocenters. The Kier molecular flexibility index (Phi) is 4.04. The maximum Gasteiger partial charge on any atom is 0.339 e. The molecule has 0 aliphatic carbocycles. The molecule has 6 heteroatoms. The van der Waals surface area contributed by atoms with E-state index in [-0.39, 0.29) is 16.2 Å². The standard InChI is InChI=1S/C11H14ClFO3S/c1-11(2,3)8-4-5-10(9(12)6-8)16-17(14,15)7-13/h4-6H,7H2,1-3H3. The van der Waals surface area contributed by atoms with Crippen LogP contribution in [0, 0.1) is 0 Å². The van der Waals surface area contributed by atoms with E-state index in [4.69, 9.17) is 11.6 Å². The minimum absolute atomic E-state index is 0.0580. The van der Waals surface area contributed by atoms with Crippen LogP contribution in [0.2, 0.25) is 5.02 Å². The number of hydrogen-bond acceptors (Lipinski definition) is 3. The molecule has 17 heavy (non-hydrogen) atoms. The smallest absolute Gasteiger partial charge is 0.339 e. The van der Waals surface area contributed by atoms with Crippen molar-refractivity contribution in [2.75, 3.05) is 6.01 Å². The Morgan fingerprint density at radius 3 is 2.35 bits per heavy atom. The molecule has 0 spiro atoms. The summed E-state index contributed by atoms with van der Waals surface area (Å²) in [5.41, 5.74) is 0.828. The molecule has 1 aromatic rings. The molecular weight excluding hydrogens is 267 g/mol. The van der Waals surface area contributed by atoms with Crippen LogP contribution in [-0.4, -0.2) is 14.4 Å². The first-order valence-corrected chi connectivity index (χ1v) is 6.89. The zero-order chi connectivity index (χ0) is 13.3. The van der Waals surface area contributed by atoms with Crippen molar-refractivity contribution < 1.29 is 17.0 Å². The molecule has 0 radical (unpaired) electrons. The Morgan fingerprint density at radius 2 is 1.94 bits per heavy atom. The highest BCUT2D eigenvalue weighted by Gasteiger charge is 2.18. The van der Waals surface area contributed by atoms with Gasteiger partial charge in [-0.15, -0.1) is 0 Å². The molecular formula is C11H14ClFO3S. The normalized spacial score (nSPS) is 12.5. The quantitative estimate of drug-likeness (QED) is 0.798. The predicted octanol–water partition coefficient (Wildman–Crippen LogP) is 3.27. The van der Waals surface area contributed by atoms with E-state index < -0.39 is 16.1 Å². The van der Waals surface area contributed by atoms with Gasteiger partial charge in [0.25, 0.3) is 0 Å². The molecule has 3 nitrogen and oxygen atoms in total. The number of benzene rings is 1. The molecule has 0 saturated heterocycles. The van der Waals surface area contributed by atoms with Crippen LogP contribution in [-0.2, 0) is 15.5 Å². The van der Waals surface area contributed by atoms with E-state index in [1.54, 1.807) is 12.1 Å². The second-order valence-electron chi connectivity index (χ2n) is 4.65. The highest BCUT2D eigenvalue weighted by molar-refractivity contribution is 7.86. The molecule has 0 atom stereocenters. The number of halogens is 2. The van der Waals surface area contributed by atoms with Gasteiger partial charge >= 0.3 is 10.1 Å². The molecule has 0 aromatic heterocycles. The van der Waals surface area contributed by atoms with Crippen molar-refractivity contribution >= 4 is 21.7 Å². The van der Waals surface area contributed by atoms with Crippen LogP contribution in [0.3, 0.4) is 0 Å². The summed E-state index contributed by atoms with van der Waals surface area (Å²) >= 11 is 5.89. The van der Waals surface area contributed by atoms with E-state index in [1.165, 1.54) is 6.07 Å². The Bertz CT molecular complexity index is 506. The van der Waals surface area contributed by atoms with Gasteiger partial charge in [0.1, 0.15) is 0 Å². The molecule has 0 fully saturated rings. The molecule has 0 N–H and O–H groups in total. The summed E-state index contributed by atoms with van der Waals surface area (Å²) in [4.78, 5) is 0. The first-order chi connectivity index (χ1) is 7.65. The van der Waals surface area contributed by atoms with Gasteiger partial charge < -0.3 is 4.18 Å². The number of rotatable bonds is 3. The van der Waals surface area contributed by atoms with Crippen LogP contribution in [0.1, 0.15) is 26.3 Å². The average molecular weight is 281 g/mol. The molecule has 0 heterocycles. The van der Waals surface area contributed by atoms with Crippen molar-refractivity contribution in [3.63, 3.8) is 0 Å². The van der Waals surface area contributed by atoms with Gasteiger partial charge in [0.15, 0.2) is 5.75 Å². The van der Waals surface area contributed by atoms with E-state index in [1.807, 2.05) is 20.8 Å². The van der Waals surface area contributed by atoms with Crippen molar-refractivity contribution in [1.82, 2.24) is 0 Å². The maximum atomic E-state index is 12.1. The molecule has 1 rings (SSSR count). The van der Waals surface area contributed by atoms with E-state index in [0.717, 1.165) is 5.56 Å². The van der Waals surface area contributed by atoms with Crippen LogP contribution in [0.25, 0.3) is 0 Å². The maximum absolute atomic E-state index is 12.1. The second kappa shape index (κ2) is 4.82. The van der Waals surface area contributed by atoms with Crippen molar-refractivity contribution in [2.45, 2.75) is 26.2 Å². The van der Waals surface area contributed by atoms with E-state index >= 15 is 0 Å². The molecule has 96 valence electrons. The monoisotopic (exact) mass is 280 g/mol. The molecule has 0 aliphatic rings. The lowest BCUT2D eigenvalue weighted by Crippen LogP contribution is -2.13. The minimum atomic E-state index is -4.19. The fourth-order valence-corrected chi connectivity index (χ4v) is 1.92. The number of hydrogen-bond donors (Lipinski definition) is 0. The van der Waals surface area contributed by atoms with Crippen LogP contribution in [0.15, 0.2) is 18.2 Å². The molecule has 0 saturated carbocycles. The van der Waals surface area contributed by atoms with Gasteiger partial charge in [-0.3, -0.25) is 0 Å². The van der Waals surface area contributed by atoms with Crippen molar-refractivity contribution in [1.29, 1.82) is 0 Å². The van der Waals surface area contributed by atoms with Gasteiger partial charge in [0.2, 0.25) is 6.01 Å². The van der Waals surface area contributed by atoms with Crippen molar-refractivity contribution in [3.05, 3.63) is 28.8 Å². The Labute approximate surface area is 106 Å². The van der Waals surface area contributed by atoms with Crippen LogP contribution >= 0.6 is 11.6 Å². The van der Waals surface area contributed by atoms with Crippen LogP contribution < -0.4 is 4.18 Å². The first kappa shape index (κ1) is 14.3. The SMILES string of the molecule is CC(C)(C)c1ccc(OS(=O)(=O)CF)c(Cl)c1. The average Bonchev–Trinajstić information content (AvgIpc) is 2.19. The van der Waals surface area contributed by atoms with Gasteiger partial charge in [-0.1, -0.05) is 38.4 Å². The van der Waals surface area contributed by atoms with Gasteiger partial charge in [-0.2, -0.15) is 8.42 Å². The van der Waals surface area contributed by atoms with Gasteiger partial charge in [-0.05, 0) is 23.1 Å². The molecule has 1 aromatic carbocycles. The minimum Gasteiger partial charge on any atom is -0.379 e. The predicted molar refractivity (Wildman–Crippen MR) is 65.7 cm³/mol. The van der Waals surface area contributed by atoms with Crippen LogP contribution in [0.5, 0.6) is 5.75 Å². The summed E-state index contributed by atoms with van der Waals surface area (Å²) in [7, 11) is -4.19. The van der Waals surface area contributed by atoms with Gasteiger partial charge in [0.05, 0.1) is 5.02 Å². The summed E-state index contributed by atoms with van der Waals surface area (Å²) in [6.07, 6.45) is 0. The fraction of sp³-hybridized carbons (Fsp3) is 0.455. The first-order valence-electron chi connectivity index (χ1n) is 4.94. The zero-order valence-corrected chi connectivity index (χ0v) is 11.4. The Morgan fingerprint density at radius 1 is 1.35 bits per heavy atom. The largest absolute Gasteiger partial charge is 0.379 e. The zero-order valence-electron chi connectivity index (χ0n) is 9.83. The lowest BCUT2D eigenvalue weighted by Gasteiger charge is -2.19. The van der Waals surface area contributed by atoms with Gasteiger partial charge in [0, 0.05) is 0 Å². The third kappa shape index (κ3) is 3.85. The second-order valence-corrected chi connectivity index (χ2v) is 6.55. The Hall–Kier alpha value is -0.810. The van der Waals surface area contributed by atoms with E-state index in [0.29, 0.717) is 0 Å². The molecule has 0 bridgehead atoms. The highest BCUT2D eigenvalue weighted by Crippen LogP contribution is 2.31. The fourth-order valence-electron chi connectivity index (χ4n) is 1.19. The summed E-state index contributed by atoms with van der Waals surface area (Å²) in [5, 5.41) is 0.148. The van der Waals surface area contributed by atoms with Crippen molar-refractivity contribution in [2.24, 2.45) is 0 Å². The summed E-state index contributed by atoms with van der Waals surface area (Å²) in [6.45, 7) is 5.99. The molecule has 0 amide bonds. The lowest BCUT2D eigenvalue weighted by atomic mass is 9.87. The highest BCUT2D eigenvalue weighted by atomic mass is 35.5. The number of alkyl halides is 1. The van der Waals surface area contributed by atoms with Crippen LogP contribution in [0.4, 0.5) is 4.39 Å². The lowest BCUT2D eigenvalue weighted by molar-refractivity contribution is 0.451. The third-order valence-electron chi connectivity index (χ3n) is 2.15. The van der Waals surface area contributed by atoms with Crippen molar-refractivity contribution in [3.8, 4) is 5.75 Å². The topological polar surface area (TPSA) is 43.4 Å². The summed E-state index contributed by atoms with van der Waals surface area (Å²) in [5.74, 6) is -0.0580. The van der Waals surface area contributed by atoms with E-state index in [2.05, 4.69) is 4.18 Å². The third-order valence-corrected chi connectivity index (χ3v) is 3.14. The Balaban J connectivity index is 3.07. The molecule has 0 aliphatic heterocycles. The van der Waals surface area contributed by atoms with Gasteiger partial charge in [-0.25, -0.2) is 4.39 Å². The summed E-state index contributed by atoms with van der Waals surface area (Å²) in [6, 6.07) is 3.17. The summed E-state index contributed by atoms with van der Waals surface area (Å²) < 4.78 is 38.5. The van der Waals surface area contributed by atoms with E-state index in [9.17, 15) is 12.8 Å².